The second-order valence-electron chi connectivity index (χ2n) is 19.3. The quantitative estimate of drug-likeness (QED) is 0.122. The summed E-state index contributed by atoms with van der Waals surface area (Å²) in [4.78, 5) is 0. The largest absolute Gasteiger partial charge is 0.147 e. The van der Waals surface area contributed by atoms with Crippen LogP contribution in [-0.2, 0) is 20.0 Å². The topological polar surface area (TPSA) is 0 Å². The first-order chi connectivity index (χ1) is 27.5. The van der Waals surface area contributed by atoms with E-state index < -0.39 is 20.0 Å². The van der Waals surface area contributed by atoms with Crippen LogP contribution in [-0.4, -0.2) is 0 Å². The second kappa shape index (κ2) is 14.4. The summed E-state index contributed by atoms with van der Waals surface area (Å²) in [6, 6.07) is 55.6. The van der Waals surface area contributed by atoms with Crippen LogP contribution in [0.1, 0.15) is 71.1 Å². The van der Waals surface area contributed by atoms with Gasteiger partial charge in [-0.25, -0.2) is 0 Å². The zero-order valence-corrected chi connectivity index (χ0v) is 40.1. The van der Waals surface area contributed by atoms with Crippen molar-refractivity contribution in [3.05, 3.63) is 179 Å². The molecule has 3 heteroatoms. The van der Waals surface area contributed by atoms with E-state index in [2.05, 4.69) is 199 Å². The summed E-state index contributed by atoms with van der Waals surface area (Å²) in [5.74, 6) is 0. The van der Waals surface area contributed by atoms with E-state index in [-0.39, 0.29) is 35.6 Å². The van der Waals surface area contributed by atoms with Crippen LogP contribution in [0.2, 0.25) is 8.35 Å². The summed E-state index contributed by atoms with van der Waals surface area (Å²) >= 11 is -3.31. The number of allylic oxidation sites excluding steroid dienone is 2. The first kappa shape index (κ1) is 40.2. The molecule has 0 bridgehead atoms. The van der Waals surface area contributed by atoms with Gasteiger partial charge in [0.05, 0.1) is 0 Å². The number of halogens is 2. The Hall–Kier alpha value is -4.27. The Morgan fingerprint density at radius 3 is 1.03 bits per heavy atom. The van der Waals surface area contributed by atoms with Crippen LogP contribution < -0.4 is 0 Å². The van der Waals surface area contributed by atoms with Crippen molar-refractivity contribution < 1.29 is 20.0 Å². The summed E-state index contributed by atoms with van der Waals surface area (Å²) in [7, 11) is 0. The number of rotatable bonds is 4. The first-order valence-electron chi connectivity index (χ1n) is 21.0. The van der Waals surface area contributed by atoms with E-state index in [1.807, 2.05) is 0 Å². The van der Waals surface area contributed by atoms with Gasteiger partial charge in [0.1, 0.15) is 0 Å². The maximum atomic E-state index is 2.70. The van der Waals surface area contributed by atoms with E-state index in [1.165, 1.54) is 84.8 Å². The molecule has 0 saturated carbocycles. The third-order valence-electron chi connectivity index (χ3n) is 13.9. The van der Waals surface area contributed by atoms with Gasteiger partial charge in [-0.2, -0.15) is 0 Å². The van der Waals surface area contributed by atoms with Gasteiger partial charge in [0.25, 0.3) is 0 Å². The van der Waals surface area contributed by atoms with Crippen molar-refractivity contribution in [1.29, 1.82) is 0 Å². The van der Waals surface area contributed by atoms with Crippen molar-refractivity contribution >= 4 is 80.1 Å². The molecule has 8 aromatic rings. The SMILES string of the molecule is CC(C)(C)C1=Cc2c(-c3c4ccccc4cc4ccccc34)cccc2[CH]1[Hf]1([CH]2C(C(C)(C)C)=Cc3c(-c4c5ccccc5cc5ccccc45)cccc32)[CH2][CH2]1.Cl.Cl. The molecular formula is C56H52Cl2Hf. The molecule has 1 aliphatic heterocycles. The Morgan fingerprint density at radius 1 is 0.407 bits per heavy atom. The molecule has 8 aromatic carbocycles. The summed E-state index contributed by atoms with van der Waals surface area (Å²) in [6.07, 6.45) is 5.39. The maximum absolute atomic E-state index is 3.31. The molecule has 294 valence electrons. The molecule has 0 N–H and O–H groups in total. The molecule has 2 unspecified atom stereocenters. The maximum Gasteiger partial charge on any atom is -0.147 e. The van der Waals surface area contributed by atoms with Crippen LogP contribution in [0.15, 0.2) is 157 Å². The summed E-state index contributed by atoms with van der Waals surface area (Å²) in [5.41, 5.74) is 15.3. The van der Waals surface area contributed by atoms with Crippen LogP contribution >= 0.6 is 24.8 Å². The van der Waals surface area contributed by atoms with Crippen molar-refractivity contribution in [2.45, 2.75) is 57.2 Å². The average molecular weight is 974 g/mol. The molecule has 0 nitrogen and oxygen atoms in total. The molecule has 1 fully saturated rings. The Bertz CT molecular complexity index is 2740. The average Bonchev–Trinajstić information content (AvgIpc) is 3.70. The van der Waals surface area contributed by atoms with E-state index in [0.717, 1.165) is 0 Å². The van der Waals surface area contributed by atoms with Gasteiger partial charge in [-0.1, -0.05) is 0 Å². The molecule has 1 heterocycles. The second-order valence-corrected chi connectivity index (χ2v) is 35.9. The fourth-order valence-electron chi connectivity index (χ4n) is 11.3. The van der Waals surface area contributed by atoms with Crippen LogP contribution in [0.4, 0.5) is 0 Å². The van der Waals surface area contributed by atoms with Gasteiger partial charge in [0, 0.05) is 0 Å². The zero-order valence-electron chi connectivity index (χ0n) is 34.9. The smallest absolute Gasteiger partial charge is 0.147 e. The van der Waals surface area contributed by atoms with Gasteiger partial charge >= 0.3 is 345 Å². The van der Waals surface area contributed by atoms with Gasteiger partial charge in [0.15, 0.2) is 0 Å². The zero-order chi connectivity index (χ0) is 38.8. The molecule has 11 rings (SSSR count). The molecule has 0 amide bonds. The van der Waals surface area contributed by atoms with Crippen molar-refractivity contribution in [2.24, 2.45) is 10.8 Å². The fourth-order valence-corrected chi connectivity index (χ4v) is 40.6. The van der Waals surface area contributed by atoms with Crippen LogP contribution in [0.25, 0.3) is 77.5 Å². The van der Waals surface area contributed by atoms with Crippen LogP contribution in [0.5, 0.6) is 0 Å². The summed E-state index contributed by atoms with van der Waals surface area (Å²) in [5, 5.41) is 10.6. The molecule has 59 heavy (non-hydrogen) atoms. The summed E-state index contributed by atoms with van der Waals surface area (Å²) < 4.78 is 4.00. The molecular weight excluding hydrogens is 922 g/mol. The van der Waals surface area contributed by atoms with Crippen molar-refractivity contribution in [3.8, 4) is 22.3 Å². The van der Waals surface area contributed by atoms with Crippen LogP contribution in [0.3, 0.4) is 0 Å². The molecule has 3 aliphatic rings. The molecule has 0 spiro atoms. The van der Waals surface area contributed by atoms with E-state index in [4.69, 9.17) is 0 Å². The minimum atomic E-state index is -3.31. The fraction of sp³-hybridized carbons (Fsp3) is 0.214. The van der Waals surface area contributed by atoms with Gasteiger partial charge in [-0.15, -0.1) is 24.8 Å². The minimum absolute atomic E-state index is 0. The molecule has 2 aliphatic carbocycles. The third-order valence-corrected chi connectivity index (χ3v) is 32.6. The Labute approximate surface area is 366 Å². The first-order valence-corrected chi connectivity index (χ1v) is 30.3. The van der Waals surface area contributed by atoms with Gasteiger partial charge < -0.3 is 0 Å². The monoisotopic (exact) mass is 974 g/mol. The van der Waals surface area contributed by atoms with E-state index in [0.29, 0.717) is 7.35 Å². The van der Waals surface area contributed by atoms with Crippen LogP contribution in [0, 0.1) is 10.8 Å². The van der Waals surface area contributed by atoms with Gasteiger partial charge in [-0.3, -0.25) is 0 Å². The number of benzene rings is 8. The molecule has 0 aromatic heterocycles. The molecule has 1 saturated heterocycles. The van der Waals surface area contributed by atoms with E-state index in [1.54, 1.807) is 22.3 Å². The third kappa shape index (κ3) is 6.16. The van der Waals surface area contributed by atoms with Gasteiger partial charge in [0.2, 0.25) is 0 Å². The standard InChI is InChI=1S/2C27H23.C2H4.2ClH.Hf/c2*1-27(2,3)21-16-20-11-8-14-24(25(20)17-21)26-22-12-6-4-9-18(22)15-19-10-5-7-13-23(19)26;1-2;;;/h2*4-17H,1-3H3;1-2H2;2*1H;. The van der Waals surface area contributed by atoms with Gasteiger partial charge in [-0.05, 0) is 0 Å². The number of hydrogen-bond donors (Lipinski definition) is 0. The molecule has 0 radical (unpaired) electrons. The van der Waals surface area contributed by atoms with Crippen molar-refractivity contribution in [2.75, 3.05) is 0 Å². The predicted molar refractivity (Wildman–Crippen MR) is 258 cm³/mol. The Balaban J connectivity index is 0.00000224. The van der Waals surface area contributed by atoms with Crippen molar-refractivity contribution in [3.63, 3.8) is 0 Å². The van der Waals surface area contributed by atoms with E-state index >= 15 is 0 Å². The predicted octanol–water partition coefficient (Wildman–Crippen LogP) is 17.1. The number of hydrogen-bond acceptors (Lipinski definition) is 0. The van der Waals surface area contributed by atoms with Crippen molar-refractivity contribution in [1.82, 2.24) is 0 Å². The summed E-state index contributed by atoms with van der Waals surface area (Å²) in [6.45, 7) is 14.9. The number of fused-ring (bicyclic) bond motifs is 6. The minimum Gasteiger partial charge on any atom is -0.147 e. The Kier molecular flexibility index (Phi) is 9.82. The van der Waals surface area contributed by atoms with E-state index in [9.17, 15) is 0 Å². The normalized spacial score (nSPS) is 17.9. The Morgan fingerprint density at radius 2 is 0.729 bits per heavy atom. The molecule has 2 atom stereocenters.